The quantitative estimate of drug-likeness (QED) is 0.842. The molecule has 1 N–H and O–H groups in total. The van der Waals surface area contributed by atoms with Gasteiger partial charge in [0, 0.05) is 31.0 Å². The molecule has 1 saturated carbocycles. The average molecular weight is 305 g/mol. The minimum absolute atomic E-state index is 0.426. The molecule has 1 aromatic rings. The summed E-state index contributed by atoms with van der Waals surface area (Å²) in [7, 11) is 0. The topological polar surface area (TPSA) is 28.2 Å². The van der Waals surface area contributed by atoms with Gasteiger partial charge in [0.05, 0.1) is 0 Å². The van der Waals surface area contributed by atoms with Gasteiger partial charge in [-0.1, -0.05) is 19.3 Å². The third-order valence-corrected chi connectivity index (χ3v) is 4.56. The summed E-state index contributed by atoms with van der Waals surface area (Å²) in [5.74, 6) is 0. The van der Waals surface area contributed by atoms with Crippen LogP contribution >= 0.6 is 12.2 Å². The maximum absolute atomic E-state index is 5.65. The van der Waals surface area contributed by atoms with E-state index < -0.39 is 0 Å². The van der Waals surface area contributed by atoms with Crippen LogP contribution < -0.4 is 5.32 Å². The molecule has 1 aliphatic carbocycles. The van der Waals surface area contributed by atoms with Crippen LogP contribution in [0, 0.1) is 0 Å². The maximum Gasteiger partial charge on any atom is 0.169 e. The van der Waals surface area contributed by atoms with Crippen molar-refractivity contribution in [2.24, 2.45) is 0 Å². The zero-order chi connectivity index (χ0) is 15.1. The lowest BCUT2D eigenvalue weighted by atomic mass is 9.96. The Hall–Kier alpha value is -1.16. The molecule has 0 spiro atoms. The Labute approximate surface area is 134 Å². The molecule has 0 unspecified atom stereocenters. The molecule has 116 valence electrons. The van der Waals surface area contributed by atoms with Crippen LogP contribution in [0.2, 0.25) is 0 Å². The van der Waals surface area contributed by atoms with Crippen LogP contribution in [0.1, 0.15) is 51.5 Å². The van der Waals surface area contributed by atoms with E-state index in [0.29, 0.717) is 12.1 Å². The predicted molar refractivity (Wildman–Crippen MR) is 92.4 cm³/mol. The van der Waals surface area contributed by atoms with E-state index in [0.717, 1.165) is 18.1 Å². The molecule has 0 bridgehead atoms. The number of aromatic nitrogens is 1. The van der Waals surface area contributed by atoms with Gasteiger partial charge in [0.1, 0.15) is 0 Å². The van der Waals surface area contributed by atoms with Crippen molar-refractivity contribution in [1.29, 1.82) is 0 Å². The van der Waals surface area contributed by atoms with E-state index in [-0.39, 0.29) is 0 Å². The largest absolute Gasteiger partial charge is 0.360 e. The first-order valence-electron chi connectivity index (χ1n) is 8.13. The summed E-state index contributed by atoms with van der Waals surface area (Å²) in [6, 6.07) is 5.16. The first kappa shape index (κ1) is 16.2. The highest BCUT2D eigenvalue weighted by molar-refractivity contribution is 7.80. The molecule has 0 aromatic carbocycles. The van der Waals surface area contributed by atoms with E-state index >= 15 is 0 Å². The maximum atomic E-state index is 5.65. The van der Waals surface area contributed by atoms with Crippen LogP contribution in [0.5, 0.6) is 0 Å². The van der Waals surface area contributed by atoms with E-state index in [9.17, 15) is 0 Å². The second kappa shape index (κ2) is 8.32. The fraction of sp³-hybridized carbons (Fsp3) is 0.647. The van der Waals surface area contributed by atoms with Gasteiger partial charge >= 0.3 is 0 Å². The van der Waals surface area contributed by atoms with Crippen LogP contribution in [0.3, 0.4) is 0 Å². The van der Waals surface area contributed by atoms with E-state index in [2.05, 4.69) is 41.2 Å². The van der Waals surface area contributed by atoms with Crippen molar-refractivity contribution in [2.45, 2.75) is 64.5 Å². The Balaban J connectivity index is 1.86. The van der Waals surface area contributed by atoms with Crippen molar-refractivity contribution in [3.63, 3.8) is 0 Å². The van der Waals surface area contributed by atoms with Gasteiger partial charge in [0.15, 0.2) is 5.11 Å². The van der Waals surface area contributed by atoms with Gasteiger partial charge in [-0.3, -0.25) is 4.98 Å². The minimum Gasteiger partial charge on any atom is -0.360 e. The molecular formula is C17H27N3S. The molecule has 1 heterocycles. The van der Waals surface area contributed by atoms with Crippen LogP contribution in [0.15, 0.2) is 24.5 Å². The summed E-state index contributed by atoms with van der Waals surface area (Å²) in [6.07, 6.45) is 11.3. The molecule has 0 atom stereocenters. The fourth-order valence-corrected chi connectivity index (χ4v) is 3.37. The van der Waals surface area contributed by atoms with Gasteiger partial charge in [-0.2, -0.15) is 0 Å². The zero-order valence-electron chi connectivity index (χ0n) is 13.2. The Kier molecular flexibility index (Phi) is 6.43. The van der Waals surface area contributed by atoms with Crippen molar-refractivity contribution in [1.82, 2.24) is 15.2 Å². The lowest BCUT2D eigenvalue weighted by Crippen LogP contribution is -2.48. The number of nitrogens with zero attached hydrogens (tertiary/aromatic N) is 2. The van der Waals surface area contributed by atoms with Crippen LogP contribution in [0.4, 0.5) is 0 Å². The van der Waals surface area contributed by atoms with Crippen molar-refractivity contribution < 1.29 is 0 Å². The fourth-order valence-electron chi connectivity index (χ4n) is 2.90. The summed E-state index contributed by atoms with van der Waals surface area (Å²) in [6.45, 7) is 5.38. The minimum atomic E-state index is 0.426. The number of rotatable bonds is 5. The Morgan fingerprint density at radius 2 is 1.95 bits per heavy atom. The summed E-state index contributed by atoms with van der Waals surface area (Å²) in [4.78, 5) is 6.38. The molecule has 4 heteroatoms. The van der Waals surface area contributed by atoms with E-state index in [1.165, 1.54) is 37.7 Å². The number of thiocarbonyl (C=S) groups is 1. The highest BCUT2D eigenvalue weighted by atomic mass is 32.1. The molecule has 1 aromatic heterocycles. The Bertz CT molecular complexity index is 427. The van der Waals surface area contributed by atoms with Crippen molar-refractivity contribution >= 4 is 17.3 Å². The van der Waals surface area contributed by atoms with E-state index in [1.807, 2.05) is 12.4 Å². The van der Waals surface area contributed by atoms with E-state index in [1.54, 1.807) is 0 Å². The highest BCUT2D eigenvalue weighted by Gasteiger charge is 2.18. The van der Waals surface area contributed by atoms with Gasteiger partial charge in [-0.25, -0.2) is 0 Å². The standard InChI is InChI=1S/C17H27N3S/c1-14(2)20(13-10-15-8-11-18-12-9-15)17(21)19-16-6-4-3-5-7-16/h8-9,11-12,14,16H,3-7,10,13H2,1-2H3,(H,19,21). The predicted octanol–water partition coefficient (Wildman–Crippen LogP) is 3.54. The Morgan fingerprint density at radius 3 is 2.57 bits per heavy atom. The van der Waals surface area contributed by atoms with Gasteiger partial charge < -0.3 is 10.2 Å². The number of hydrogen-bond acceptors (Lipinski definition) is 2. The third-order valence-electron chi connectivity index (χ3n) is 4.21. The number of hydrogen-bond donors (Lipinski definition) is 1. The second-order valence-corrected chi connectivity index (χ2v) is 6.56. The molecule has 2 rings (SSSR count). The molecule has 1 aliphatic rings. The number of pyridine rings is 1. The van der Waals surface area contributed by atoms with Gasteiger partial charge in [-0.05, 0) is 63.0 Å². The summed E-state index contributed by atoms with van der Waals surface area (Å²) in [5.41, 5.74) is 1.32. The van der Waals surface area contributed by atoms with Gasteiger partial charge in [0.2, 0.25) is 0 Å². The van der Waals surface area contributed by atoms with Crippen LogP contribution in [-0.4, -0.2) is 33.6 Å². The zero-order valence-corrected chi connectivity index (χ0v) is 14.0. The molecule has 0 aliphatic heterocycles. The molecule has 0 amide bonds. The van der Waals surface area contributed by atoms with Crippen molar-refractivity contribution in [3.05, 3.63) is 30.1 Å². The van der Waals surface area contributed by atoms with Crippen molar-refractivity contribution in [3.8, 4) is 0 Å². The lowest BCUT2D eigenvalue weighted by molar-refractivity contribution is 0.330. The van der Waals surface area contributed by atoms with Gasteiger partial charge in [0.25, 0.3) is 0 Å². The average Bonchev–Trinajstić information content (AvgIpc) is 2.49. The monoisotopic (exact) mass is 305 g/mol. The number of nitrogens with one attached hydrogen (secondary N) is 1. The summed E-state index contributed by atoms with van der Waals surface area (Å²) >= 11 is 5.65. The molecule has 0 saturated heterocycles. The summed E-state index contributed by atoms with van der Waals surface area (Å²) < 4.78 is 0. The Morgan fingerprint density at radius 1 is 1.29 bits per heavy atom. The second-order valence-electron chi connectivity index (χ2n) is 6.18. The highest BCUT2D eigenvalue weighted by Crippen LogP contribution is 2.18. The first-order chi connectivity index (χ1) is 10.2. The molecule has 1 fully saturated rings. The van der Waals surface area contributed by atoms with Crippen molar-refractivity contribution in [2.75, 3.05) is 6.54 Å². The third kappa shape index (κ3) is 5.27. The van der Waals surface area contributed by atoms with Crippen LogP contribution in [-0.2, 0) is 6.42 Å². The SMILES string of the molecule is CC(C)N(CCc1ccncc1)C(=S)NC1CCCCC1. The first-order valence-corrected chi connectivity index (χ1v) is 8.53. The van der Waals surface area contributed by atoms with Gasteiger partial charge in [-0.15, -0.1) is 0 Å². The molecular weight excluding hydrogens is 278 g/mol. The smallest absolute Gasteiger partial charge is 0.169 e. The molecule has 0 radical (unpaired) electrons. The molecule has 3 nitrogen and oxygen atoms in total. The molecule has 21 heavy (non-hydrogen) atoms. The lowest BCUT2D eigenvalue weighted by Gasteiger charge is -2.33. The normalized spacial score (nSPS) is 16.0. The van der Waals surface area contributed by atoms with E-state index in [4.69, 9.17) is 12.2 Å². The summed E-state index contributed by atoms with van der Waals surface area (Å²) in [5, 5.41) is 4.50. The van der Waals surface area contributed by atoms with Crippen LogP contribution in [0.25, 0.3) is 0 Å².